The molecular formula is C14H18N2O. The number of nitrogen functional groups attached to an aromatic ring is 1. The SMILES string of the molecule is CC1=C(c2cc(CN)ccc2N)C(C=O)CC1. The number of nitrogens with two attached hydrogens (primary N) is 2. The summed E-state index contributed by atoms with van der Waals surface area (Å²) in [6.07, 6.45) is 2.91. The Hall–Kier alpha value is -1.61. The van der Waals surface area contributed by atoms with E-state index in [1.165, 1.54) is 5.57 Å². The van der Waals surface area contributed by atoms with E-state index in [4.69, 9.17) is 11.5 Å². The normalized spacial score (nSPS) is 19.8. The molecule has 0 aromatic heterocycles. The van der Waals surface area contributed by atoms with Gasteiger partial charge in [0.25, 0.3) is 0 Å². The van der Waals surface area contributed by atoms with E-state index in [0.29, 0.717) is 6.54 Å². The Balaban J connectivity index is 2.52. The van der Waals surface area contributed by atoms with Gasteiger partial charge in [-0.1, -0.05) is 11.6 Å². The Bertz CT molecular complexity index is 477. The van der Waals surface area contributed by atoms with Gasteiger partial charge in [0.15, 0.2) is 0 Å². The van der Waals surface area contributed by atoms with Crippen molar-refractivity contribution in [1.29, 1.82) is 0 Å². The Kier molecular flexibility index (Phi) is 3.29. The zero-order valence-corrected chi connectivity index (χ0v) is 10.1. The molecule has 0 bridgehead atoms. The highest BCUT2D eigenvalue weighted by atomic mass is 16.1. The summed E-state index contributed by atoms with van der Waals surface area (Å²) in [6, 6.07) is 5.81. The lowest BCUT2D eigenvalue weighted by molar-refractivity contribution is -0.109. The van der Waals surface area contributed by atoms with Crippen molar-refractivity contribution in [1.82, 2.24) is 0 Å². The third kappa shape index (κ3) is 2.11. The first kappa shape index (κ1) is 11.9. The highest BCUT2D eigenvalue weighted by Gasteiger charge is 2.25. The first-order valence-electron chi connectivity index (χ1n) is 5.91. The lowest BCUT2D eigenvalue weighted by Gasteiger charge is -2.14. The molecular weight excluding hydrogens is 212 g/mol. The van der Waals surface area contributed by atoms with Crippen molar-refractivity contribution < 1.29 is 4.79 Å². The third-order valence-electron chi connectivity index (χ3n) is 3.47. The average molecular weight is 230 g/mol. The fourth-order valence-electron chi connectivity index (χ4n) is 2.50. The molecule has 90 valence electrons. The molecule has 0 amide bonds. The van der Waals surface area contributed by atoms with E-state index in [2.05, 4.69) is 6.92 Å². The van der Waals surface area contributed by atoms with Crippen LogP contribution in [0, 0.1) is 5.92 Å². The lowest BCUT2D eigenvalue weighted by Crippen LogP contribution is -2.05. The molecule has 2 rings (SSSR count). The van der Waals surface area contributed by atoms with Gasteiger partial charge in [0.2, 0.25) is 0 Å². The molecule has 4 N–H and O–H groups in total. The van der Waals surface area contributed by atoms with Crippen LogP contribution in [-0.2, 0) is 11.3 Å². The van der Waals surface area contributed by atoms with Crippen molar-refractivity contribution in [3.63, 3.8) is 0 Å². The summed E-state index contributed by atoms with van der Waals surface area (Å²) in [4.78, 5) is 11.1. The molecule has 0 radical (unpaired) electrons. The van der Waals surface area contributed by atoms with Gasteiger partial charge in [0.05, 0.1) is 0 Å². The number of anilines is 1. The predicted molar refractivity (Wildman–Crippen MR) is 70.1 cm³/mol. The zero-order valence-electron chi connectivity index (χ0n) is 10.1. The summed E-state index contributed by atoms with van der Waals surface area (Å²) in [7, 11) is 0. The molecule has 1 atom stereocenters. The summed E-state index contributed by atoms with van der Waals surface area (Å²) in [5.74, 6) is -0.00896. The molecule has 0 fully saturated rings. The van der Waals surface area contributed by atoms with Gasteiger partial charge >= 0.3 is 0 Å². The molecule has 3 heteroatoms. The van der Waals surface area contributed by atoms with Gasteiger partial charge in [-0.2, -0.15) is 0 Å². The molecule has 1 aliphatic carbocycles. The zero-order chi connectivity index (χ0) is 12.4. The Labute approximate surface area is 101 Å². The van der Waals surface area contributed by atoms with Crippen LogP contribution in [0.3, 0.4) is 0 Å². The smallest absolute Gasteiger partial charge is 0.127 e. The molecule has 1 unspecified atom stereocenters. The number of aldehydes is 1. The second kappa shape index (κ2) is 4.72. The number of hydrogen-bond donors (Lipinski definition) is 2. The average Bonchev–Trinajstić information content (AvgIpc) is 2.71. The highest BCUT2D eigenvalue weighted by Crippen LogP contribution is 2.40. The summed E-state index contributed by atoms with van der Waals surface area (Å²) in [5, 5.41) is 0. The Morgan fingerprint density at radius 1 is 1.47 bits per heavy atom. The standard InChI is InChI=1S/C14H18N2O/c1-9-2-4-11(8-17)14(9)12-6-10(7-15)3-5-13(12)16/h3,5-6,8,11H,2,4,7,15-16H2,1H3. The molecule has 0 saturated heterocycles. The van der Waals surface area contributed by atoms with Crippen LogP contribution >= 0.6 is 0 Å². The van der Waals surface area contributed by atoms with Crippen molar-refractivity contribution in [2.75, 3.05) is 5.73 Å². The topological polar surface area (TPSA) is 69.1 Å². The van der Waals surface area contributed by atoms with Crippen molar-refractivity contribution in [3.05, 3.63) is 34.9 Å². The molecule has 1 aromatic carbocycles. The van der Waals surface area contributed by atoms with Gasteiger partial charge in [-0.25, -0.2) is 0 Å². The van der Waals surface area contributed by atoms with Crippen LogP contribution in [-0.4, -0.2) is 6.29 Å². The van der Waals surface area contributed by atoms with E-state index in [1.807, 2.05) is 18.2 Å². The van der Waals surface area contributed by atoms with E-state index >= 15 is 0 Å². The number of allylic oxidation sites excluding steroid dienone is 2. The highest BCUT2D eigenvalue weighted by molar-refractivity contribution is 5.88. The number of rotatable bonds is 3. The van der Waals surface area contributed by atoms with Crippen LogP contribution < -0.4 is 11.5 Å². The van der Waals surface area contributed by atoms with Crippen LogP contribution in [0.4, 0.5) is 5.69 Å². The summed E-state index contributed by atoms with van der Waals surface area (Å²) < 4.78 is 0. The quantitative estimate of drug-likeness (QED) is 0.617. The van der Waals surface area contributed by atoms with E-state index in [1.54, 1.807) is 0 Å². The van der Waals surface area contributed by atoms with Crippen LogP contribution in [0.1, 0.15) is 30.9 Å². The minimum absolute atomic E-state index is 0.00896. The number of carbonyl (C=O) groups is 1. The van der Waals surface area contributed by atoms with Crippen molar-refractivity contribution in [2.24, 2.45) is 11.7 Å². The van der Waals surface area contributed by atoms with E-state index in [9.17, 15) is 4.79 Å². The van der Waals surface area contributed by atoms with Gasteiger partial charge in [-0.15, -0.1) is 0 Å². The molecule has 0 spiro atoms. The Morgan fingerprint density at radius 2 is 2.24 bits per heavy atom. The summed E-state index contributed by atoms with van der Waals surface area (Å²) in [6.45, 7) is 2.57. The maximum atomic E-state index is 11.1. The van der Waals surface area contributed by atoms with Crippen LogP contribution in [0.25, 0.3) is 5.57 Å². The van der Waals surface area contributed by atoms with E-state index in [0.717, 1.165) is 41.5 Å². The van der Waals surface area contributed by atoms with Crippen molar-refractivity contribution in [2.45, 2.75) is 26.3 Å². The molecule has 0 saturated carbocycles. The molecule has 17 heavy (non-hydrogen) atoms. The minimum atomic E-state index is -0.00896. The fourth-order valence-corrected chi connectivity index (χ4v) is 2.50. The van der Waals surface area contributed by atoms with Gasteiger partial charge in [-0.3, -0.25) is 0 Å². The van der Waals surface area contributed by atoms with Gasteiger partial charge in [0, 0.05) is 23.7 Å². The van der Waals surface area contributed by atoms with Crippen LogP contribution in [0.15, 0.2) is 23.8 Å². The summed E-state index contributed by atoms with van der Waals surface area (Å²) >= 11 is 0. The van der Waals surface area contributed by atoms with Crippen LogP contribution in [0.2, 0.25) is 0 Å². The van der Waals surface area contributed by atoms with E-state index in [-0.39, 0.29) is 5.92 Å². The fraction of sp³-hybridized carbons (Fsp3) is 0.357. The third-order valence-corrected chi connectivity index (χ3v) is 3.47. The first-order chi connectivity index (χ1) is 8.17. The largest absolute Gasteiger partial charge is 0.398 e. The van der Waals surface area contributed by atoms with Gasteiger partial charge in [0.1, 0.15) is 6.29 Å². The summed E-state index contributed by atoms with van der Waals surface area (Å²) in [5.41, 5.74) is 16.8. The minimum Gasteiger partial charge on any atom is -0.398 e. The monoisotopic (exact) mass is 230 g/mol. The molecule has 1 aromatic rings. The van der Waals surface area contributed by atoms with Gasteiger partial charge < -0.3 is 16.3 Å². The molecule has 1 aliphatic rings. The second-order valence-electron chi connectivity index (χ2n) is 4.60. The number of benzene rings is 1. The number of hydrogen-bond acceptors (Lipinski definition) is 3. The van der Waals surface area contributed by atoms with Crippen molar-refractivity contribution in [3.8, 4) is 0 Å². The van der Waals surface area contributed by atoms with Crippen LogP contribution in [0.5, 0.6) is 0 Å². The first-order valence-corrected chi connectivity index (χ1v) is 5.91. The molecule has 0 heterocycles. The predicted octanol–water partition coefficient (Wildman–Crippen LogP) is 2.11. The Morgan fingerprint density at radius 3 is 2.88 bits per heavy atom. The lowest BCUT2D eigenvalue weighted by atomic mass is 9.92. The number of carbonyl (C=O) groups excluding carboxylic acids is 1. The second-order valence-corrected chi connectivity index (χ2v) is 4.60. The van der Waals surface area contributed by atoms with Crippen molar-refractivity contribution >= 4 is 17.5 Å². The molecule has 0 aliphatic heterocycles. The molecule has 3 nitrogen and oxygen atoms in total. The van der Waals surface area contributed by atoms with Gasteiger partial charge in [-0.05, 0) is 43.0 Å². The van der Waals surface area contributed by atoms with E-state index < -0.39 is 0 Å². The maximum absolute atomic E-state index is 11.1. The maximum Gasteiger partial charge on any atom is 0.127 e.